The van der Waals surface area contributed by atoms with E-state index < -0.39 is 0 Å². The molecule has 1 aliphatic rings. The molecule has 0 aromatic rings. The van der Waals surface area contributed by atoms with Crippen molar-refractivity contribution in [1.29, 1.82) is 0 Å². The van der Waals surface area contributed by atoms with E-state index in [9.17, 15) is 4.79 Å². The lowest BCUT2D eigenvalue weighted by Gasteiger charge is -2.37. The smallest absolute Gasteiger partial charge is 0.233 e. The maximum Gasteiger partial charge on any atom is 0.233 e. The molecule has 4 nitrogen and oxygen atoms in total. The first-order valence-corrected chi connectivity index (χ1v) is 4.93. The van der Waals surface area contributed by atoms with E-state index in [-0.39, 0.29) is 5.91 Å². The molecule has 1 heterocycles. The van der Waals surface area contributed by atoms with Gasteiger partial charge in [0.1, 0.15) is 0 Å². The van der Waals surface area contributed by atoms with Crippen LogP contribution in [0.1, 0.15) is 13.3 Å². The standard InChI is InChI=1S/C9H19N3O/c1-3-4-12(7-9(13)10-2)8-5-11-6-8/h8,11H,3-7H2,1-2H3,(H,10,13). The molecule has 0 bridgehead atoms. The second-order valence-corrected chi connectivity index (χ2v) is 3.46. The number of amides is 1. The summed E-state index contributed by atoms with van der Waals surface area (Å²) in [6.07, 6.45) is 1.10. The van der Waals surface area contributed by atoms with E-state index in [1.807, 2.05) is 0 Å². The number of nitrogens with zero attached hydrogens (tertiary/aromatic N) is 1. The van der Waals surface area contributed by atoms with Crippen molar-refractivity contribution >= 4 is 5.91 Å². The molecular weight excluding hydrogens is 166 g/mol. The SMILES string of the molecule is CCCN(CC(=O)NC)C1CNC1. The summed E-state index contributed by atoms with van der Waals surface area (Å²) in [6, 6.07) is 0.567. The lowest BCUT2D eigenvalue weighted by Crippen LogP contribution is -2.58. The highest BCUT2D eigenvalue weighted by Crippen LogP contribution is 2.04. The van der Waals surface area contributed by atoms with E-state index in [4.69, 9.17) is 0 Å². The molecule has 0 radical (unpaired) electrons. The quantitative estimate of drug-likeness (QED) is 0.602. The summed E-state index contributed by atoms with van der Waals surface area (Å²) in [7, 11) is 1.69. The molecule has 0 spiro atoms. The van der Waals surface area contributed by atoms with Crippen molar-refractivity contribution in [2.45, 2.75) is 19.4 Å². The molecule has 13 heavy (non-hydrogen) atoms. The second-order valence-electron chi connectivity index (χ2n) is 3.46. The van der Waals surface area contributed by atoms with Crippen LogP contribution in [-0.4, -0.2) is 50.1 Å². The van der Waals surface area contributed by atoms with Gasteiger partial charge in [0.05, 0.1) is 6.54 Å². The van der Waals surface area contributed by atoms with Crippen molar-refractivity contribution in [2.24, 2.45) is 0 Å². The number of likely N-dealkylation sites (N-methyl/N-ethyl adjacent to an activating group) is 1. The van der Waals surface area contributed by atoms with Gasteiger partial charge >= 0.3 is 0 Å². The van der Waals surface area contributed by atoms with Crippen LogP contribution in [-0.2, 0) is 4.79 Å². The molecule has 4 heteroatoms. The number of carbonyl (C=O) groups excluding carboxylic acids is 1. The number of hydrogen-bond acceptors (Lipinski definition) is 3. The van der Waals surface area contributed by atoms with Gasteiger partial charge in [0.2, 0.25) is 5.91 Å². The third kappa shape index (κ3) is 2.97. The van der Waals surface area contributed by atoms with Crippen molar-refractivity contribution in [3.63, 3.8) is 0 Å². The summed E-state index contributed by atoms with van der Waals surface area (Å²) < 4.78 is 0. The fraction of sp³-hybridized carbons (Fsp3) is 0.889. The lowest BCUT2D eigenvalue weighted by molar-refractivity contribution is -0.122. The molecule has 0 aromatic heterocycles. The molecule has 1 saturated heterocycles. The van der Waals surface area contributed by atoms with Crippen LogP contribution in [0.15, 0.2) is 0 Å². The maximum absolute atomic E-state index is 11.2. The Hall–Kier alpha value is -0.610. The lowest BCUT2D eigenvalue weighted by atomic mass is 10.1. The molecule has 1 aliphatic heterocycles. The summed E-state index contributed by atoms with van der Waals surface area (Å²) in [6.45, 7) is 5.74. The highest BCUT2D eigenvalue weighted by molar-refractivity contribution is 5.77. The van der Waals surface area contributed by atoms with E-state index in [2.05, 4.69) is 22.5 Å². The Morgan fingerprint density at radius 3 is 2.69 bits per heavy atom. The molecular formula is C9H19N3O. The minimum Gasteiger partial charge on any atom is -0.358 e. The molecule has 2 N–H and O–H groups in total. The Bertz CT molecular complexity index is 168. The van der Waals surface area contributed by atoms with Gasteiger partial charge < -0.3 is 10.6 Å². The van der Waals surface area contributed by atoms with Crippen molar-refractivity contribution in [1.82, 2.24) is 15.5 Å². The van der Waals surface area contributed by atoms with Crippen LogP contribution in [0.4, 0.5) is 0 Å². The van der Waals surface area contributed by atoms with Gasteiger partial charge in [-0.1, -0.05) is 6.92 Å². The van der Waals surface area contributed by atoms with Crippen molar-refractivity contribution < 1.29 is 4.79 Å². The van der Waals surface area contributed by atoms with Gasteiger partial charge in [-0.3, -0.25) is 9.69 Å². The van der Waals surface area contributed by atoms with Gasteiger partial charge in [0.25, 0.3) is 0 Å². The van der Waals surface area contributed by atoms with Crippen LogP contribution < -0.4 is 10.6 Å². The minimum atomic E-state index is 0.111. The zero-order chi connectivity index (χ0) is 9.68. The summed E-state index contributed by atoms with van der Waals surface area (Å²) in [5.74, 6) is 0.111. The molecule has 0 unspecified atom stereocenters. The highest BCUT2D eigenvalue weighted by Gasteiger charge is 2.24. The Labute approximate surface area is 79.7 Å². The second kappa shape index (κ2) is 5.19. The fourth-order valence-electron chi connectivity index (χ4n) is 1.47. The van der Waals surface area contributed by atoms with Crippen LogP contribution >= 0.6 is 0 Å². The Morgan fingerprint density at radius 2 is 2.31 bits per heavy atom. The molecule has 1 fully saturated rings. The number of nitrogens with one attached hydrogen (secondary N) is 2. The Morgan fingerprint density at radius 1 is 1.62 bits per heavy atom. The van der Waals surface area contributed by atoms with Crippen molar-refractivity contribution in [3.8, 4) is 0 Å². The Kier molecular flexibility index (Phi) is 4.18. The normalized spacial score (nSPS) is 17.2. The van der Waals surface area contributed by atoms with Gasteiger partial charge in [-0.05, 0) is 13.0 Å². The van der Waals surface area contributed by atoms with Crippen LogP contribution in [0.25, 0.3) is 0 Å². The monoisotopic (exact) mass is 185 g/mol. The number of hydrogen-bond donors (Lipinski definition) is 2. The van der Waals surface area contributed by atoms with Gasteiger partial charge in [0.15, 0.2) is 0 Å². The largest absolute Gasteiger partial charge is 0.358 e. The van der Waals surface area contributed by atoms with Crippen LogP contribution in [0.5, 0.6) is 0 Å². The first-order chi connectivity index (χ1) is 6.27. The summed E-state index contributed by atoms with van der Waals surface area (Å²) in [5, 5.41) is 5.87. The summed E-state index contributed by atoms with van der Waals surface area (Å²) in [5.41, 5.74) is 0. The molecule has 0 atom stereocenters. The van der Waals surface area contributed by atoms with Gasteiger partial charge in [-0.2, -0.15) is 0 Å². The molecule has 0 aromatic carbocycles. The fourth-order valence-corrected chi connectivity index (χ4v) is 1.47. The average molecular weight is 185 g/mol. The van der Waals surface area contributed by atoms with Crippen LogP contribution in [0.3, 0.4) is 0 Å². The minimum absolute atomic E-state index is 0.111. The highest BCUT2D eigenvalue weighted by atomic mass is 16.1. The predicted octanol–water partition coefficient (Wildman–Crippen LogP) is -0.584. The van der Waals surface area contributed by atoms with Gasteiger partial charge in [0, 0.05) is 26.2 Å². The van der Waals surface area contributed by atoms with E-state index in [1.165, 1.54) is 0 Å². The zero-order valence-electron chi connectivity index (χ0n) is 8.47. The molecule has 1 rings (SSSR count). The Balaban J connectivity index is 2.32. The van der Waals surface area contributed by atoms with Gasteiger partial charge in [-0.15, -0.1) is 0 Å². The van der Waals surface area contributed by atoms with Gasteiger partial charge in [-0.25, -0.2) is 0 Å². The topological polar surface area (TPSA) is 44.4 Å². The zero-order valence-corrected chi connectivity index (χ0v) is 8.47. The molecule has 1 amide bonds. The summed E-state index contributed by atoms with van der Waals surface area (Å²) in [4.78, 5) is 13.4. The number of rotatable bonds is 5. The predicted molar refractivity (Wildman–Crippen MR) is 52.6 cm³/mol. The number of carbonyl (C=O) groups is 1. The van der Waals surface area contributed by atoms with E-state index in [0.29, 0.717) is 12.6 Å². The third-order valence-corrected chi connectivity index (χ3v) is 2.41. The van der Waals surface area contributed by atoms with E-state index in [0.717, 1.165) is 26.1 Å². The van der Waals surface area contributed by atoms with Crippen molar-refractivity contribution in [2.75, 3.05) is 33.2 Å². The first kappa shape index (κ1) is 10.5. The molecule has 76 valence electrons. The van der Waals surface area contributed by atoms with Crippen molar-refractivity contribution in [3.05, 3.63) is 0 Å². The molecule has 0 aliphatic carbocycles. The maximum atomic E-state index is 11.2. The van der Waals surface area contributed by atoms with E-state index >= 15 is 0 Å². The van der Waals surface area contributed by atoms with Crippen LogP contribution in [0.2, 0.25) is 0 Å². The van der Waals surface area contributed by atoms with Crippen LogP contribution in [0, 0.1) is 0 Å². The summed E-state index contributed by atoms with van der Waals surface area (Å²) >= 11 is 0. The third-order valence-electron chi connectivity index (χ3n) is 2.41. The molecule has 0 saturated carbocycles. The van der Waals surface area contributed by atoms with E-state index in [1.54, 1.807) is 7.05 Å². The average Bonchev–Trinajstić information content (AvgIpc) is 2.01. The first-order valence-electron chi connectivity index (χ1n) is 4.93.